The van der Waals surface area contributed by atoms with Crippen LogP contribution in [0.4, 0.5) is 0 Å². The zero-order valence-electron chi connectivity index (χ0n) is 7.03. The van der Waals surface area contributed by atoms with Crippen molar-refractivity contribution in [3.63, 3.8) is 0 Å². The minimum atomic E-state index is -0.301. The largest absolute Gasteiger partial charge is 0.396 e. The molecular formula is C8H17NO2. The second-order valence-electron chi connectivity index (χ2n) is 3.39. The van der Waals surface area contributed by atoms with E-state index < -0.39 is 0 Å². The Balaban J connectivity index is 2.41. The fourth-order valence-corrected chi connectivity index (χ4v) is 1.49. The Morgan fingerprint density at radius 1 is 1.36 bits per heavy atom. The highest BCUT2D eigenvalue weighted by Crippen LogP contribution is 2.16. The smallest absolute Gasteiger partial charge is 0.0602 e. The van der Waals surface area contributed by atoms with E-state index in [4.69, 9.17) is 5.11 Å². The van der Waals surface area contributed by atoms with Gasteiger partial charge >= 0.3 is 0 Å². The highest BCUT2D eigenvalue weighted by Gasteiger charge is 2.22. The third kappa shape index (κ3) is 2.43. The lowest BCUT2D eigenvalue weighted by atomic mass is 9.99. The zero-order chi connectivity index (χ0) is 8.27. The topological polar surface area (TPSA) is 43.7 Å². The van der Waals surface area contributed by atoms with Crippen molar-refractivity contribution >= 4 is 0 Å². The summed E-state index contributed by atoms with van der Waals surface area (Å²) in [6.07, 6.45) is 1.40. The first-order valence-electron chi connectivity index (χ1n) is 4.21. The normalized spacial score (nSPS) is 35.2. The Morgan fingerprint density at radius 3 is 2.64 bits per heavy atom. The molecule has 0 bridgehead atoms. The van der Waals surface area contributed by atoms with Gasteiger partial charge in [0.2, 0.25) is 0 Å². The molecule has 3 heteroatoms. The van der Waals surface area contributed by atoms with Crippen LogP contribution in [0.5, 0.6) is 0 Å². The van der Waals surface area contributed by atoms with E-state index in [0.717, 1.165) is 25.9 Å². The molecule has 11 heavy (non-hydrogen) atoms. The van der Waals surface area contributed by atoms with Gasteiger partial charge in [-0.05, 0) is 26.4 Å². The SMILES string of the molecule is CN1CC[C@H](CO)[C@@H](O)CC1. The van der Waals surface area contributed by atoms with E-state index >= 15 is 0 Å². The van der Waals surface area contributed by atoms with Gasteiger partial charge in [0, 0.05) is 19.1 Å². The van der Waals surface area contributed by atoms with Gasteiger partial charge in [0.25, 0.3) is 0 Å². The minimum Gasteiger partial charge on any atom is -0.396 e. The lowest BCUT2D eigenvalue weighted by Crippen LogP contribution is -2.23. The molecule has 1 saturated heterocycles. The monoisotopic (exact) mass is 159 g/mol. The molecule has 1 aliphatic heterocycles. The average molecular weight is 159 g/mol. The molecule has 3 nitrogen and oxygen atoms in total. The molecule has 2 atom stereocenters. The van der Waals surface area contributed by atoms with E-state index in [1.165, 1.54) is 0 Å². The van der Waals surface area contributed by atoms with Gasteiger partial charge in [0.05, 0.1) is 6.10 Å². The number of nitrogens with zero attached hydrogens (tertiary/aromatic N) is 1. The summed E-state index contributed by atoms with van der Waals surface area (Å²) in [5.41, 5.74) is 0. The molecule has 1 fully saturated rings. The van der Waals surface area contributed by atoms with Crippen LogP contribution in [-0.2, 0) is 0 Å². The van der Waals surface area contributed by atoms with Gasteiger partial charge in [-0.15, -0.1) is 0 Å². The van der Waals surface area contributed by atoms with E-state index in [1.54, 1.807) is 0 Å². The number of hydrogen-bond donors (Lipinski definition) is 2. The van der Waals surface area contributed by atoms with Crippen LogP contribution >= 0.6 is 0 Å². The molecule has 1 rings (SSSR count). The molecule has 0 amide bonds. The second-order valence-corrected chi connectivity index (χ2v) is 3.39. The summed E-state index contributed by atoms with van der Waals surface area (Å²) in [7, 11) is 2.05. The fraction of sp³-hybridized carbons (Fsp3) is 1.00. The number of hydrogen-bond acceptors (Lipinski definition) is 3. The molecule has 0 saturated carbocycles. The Bertz CT molecular complexity index is 119. The van der Waals surface area contributed by atoms with Crippen molar-refractivity contribution in [2.45, 2.75) is 18.9 Å². The highest BCUT2D eigenvalue weighted by atomic mass is 16.3. The van der Waals surface area contributed by atoms with Crippen LogP contribution in [0.2, 0.25) is 0 Å². The van der Waals surface area contributed by atoms with Crippen molar-refractivity contribution in [2.24, 2.45) is 5.92 Å². The van der Waals surface area contributed by atoms with Crippen LogP contribution in [0.3, 0.4) is 0 Å². The summed E-state index contributed by atoms with van der Waals surface area (Å²) in [6, 6.07) is 0. The van der Waals surface area contributed by atoms with Crippen molar-refractivity contribution in [3.05, 3.63) is 0 Å². The van der Waals surface area contributed by atoms with Gasteiger partial charge in [-0.1, -0.05) is 0 Å². The molecule has 0 unspecified atom stereocenters. The van der Waals surface area contributed by atoms with Crippen molar-refractivity contribution in [3.8, 4) is 0 Å². The second kappa shape index (κ2) is 4.04. The van der Waals surface area contributed by atoms with Crippen molar-refractivity contribution in [1.29, 1.82) is 0 Å². The third-order valence-corrected chi connectivity index (χ3v) is 2.47. The van der Waals surface area contributed by atoms with E-state index in [9.17, 15) is 5.11 Å². The first-order valence-corrected chi connectivity index (χ1v) is 4.21. The fourth-order valence-electron chi connectivity index (χ4n) is 1.49. The van der Waals surface area contributed by atoms with E-state index in [2.05, 4.69) is 4.90 Å². The van der Waals surface area contributed by atoms with Gasteiger partial charge in [0.15, 0.2) is 0 Å². The van der Waals surface area contributed by atoms with Gasteiger partial charge in [-0.2, -0.15) is 0 Å². The van der Waals surface area contributed by atoms with E-state index in [0.29, 0.717) is 0 Å². The van der Waals surface area contributed by atoms with Crippen LogP contribution in [0.1, 0.15) is 12.8 Å². The molecule has 0 spiro atoms. The van der Waals surface area contributed by atoms with Gasteiger partial charge in [-0.3, -0.25) is 0 Å². The molecule has 0 aromatic heterocycles. The summed E-state index contributed by atoms with van der Waals surface area (Å²) in [4.78, 5) is 2.19. The molecule has 66 valence electrons. The van der Waals surface area contributed by atoms with Crippen LogP contribution in [-0.4, -0.2) is 48.0 Å². The van der Waals surface area contributed by atoms with E-state index in [-0.39, 0.29) is 18.6 Å². The Kier molecular flexibility index (Phi) is 3.30. The maximum absolute atomic E-state index is 9.48. The molecule has 1 aliphatic rings. The first-order chi connectivity index (χ1) is 5.24. The molecule has 0 aromatic rings. The van der Waals surface area contributed by atoms with Gasteiger partial charge in [-0.25, -0.2) is 0 Å². The van der Waals surface area contributed by atoms with Crippen LogP contribution in [0, 0.1) is 5.92 Å². The summed E-state index contributed by atoms with van der Waals surface area (Å²) in [6.45, 7) is 2.05. The number of aliphatic hydroxyl groups is 2. The Morgan fingerprint density at radius 2 is 2.00 bits per heavy atom. The lowest BCUT2D eigenvalue weighted by molar-refractivity contribution is 0.0654. The average Bonchev–Trinajstić information content (AvgIpc) is 2.15. The zero-order valence-corrected chi connectivity index (χ0v) is 7.03. The summed E-state index contributed by atoms with van der Waals surface area (Å²) >= 11 is 0. The first kappa shape index (κ1) is 8.97. The Labute approximate surface area is 67.6 Å². The van der Waals surface area contributed by atoms with Crippen molar-refractivity contribution in [1.82, 2.24) is 4.90 Å². The van der Waals surface area contributed by atoms with E-state index in [1.807, 2.05) is 7.05 Å². The van der Waals surface area contributed by atoms with Crippen LogP contribution in [0.25, 0.3) is 0 Å². The van der Waals surface area contributed by atoms with Gasteiger partial charge in [0.1, 0.15) is 0 Å². The summed E-state index contributed by atoms with van der Waals surface area (Å²) in [5.74, 6) is 0.0972. The predicted molar refractivity (Wildman–Crippen MR) is 43.3 cm³/mol. The minimum absolute atomic E-state index is 0.0972. The molecule has 1 heterocycles. The molecular weight excluding hydrogens is 142 g/mol. The number of rotatable bonds is 1. The van der Waals surface area contributed by atoms with Crippen molar-refractivity contribution < 1.29 is 10.2 Å². The maximum atomic E-state index is 9.48. The summed E-state index contributed by atoms with van der Waals surface area (Å²) in [5, 5.41) is 18.4. The number of likely N-dealkylation sites (tertiary alicyclic amines) is 1. The quantitative estimate of drug-likeness (QED) is 0.551. The third-order valence-electron chi connectivity index (χ3n) is 2.47. The predicted octanol–water partition coefficient (Wildman–Crippen LogP) is -0.319. The van der Waals surface area contributed by atoms with Gasteiger partial charge < -0.3 is 15.1 Å². The van der Waals surface area contributed by atoms with Crippen LogP contribution < -0.4 is 0 Å². The molecule has 0 aliphatic carbocycles. The standard InChI is InChI=1S/C8H17NO2/c1-9-4-2-7(6-10)8(11)3-5-9/h7-8,10-11H,2-6H2,1H3/t7-,8+/m1/s1. The maximum Gasteiger partial charge on any atom is 0.0602 e. The van der Waals surface area contributed by atoms with Crippen molar-refractivity contribution in [2.75, 3.05) is 26.7 Å². The van der Waals surface area contributed by atoms with Crippen LogP contribution in [0.15, 0.2) is 0 Å². The summed E-state index contributed by atoms with van der Waals surface area (Å²) < 4.78 is 0. The number of aliphatic hydroxyl groups excluding tert-OH is 2. The lowest BCUT2D eigenvalue weighted by Gasteiger charge is -2.16. The molecule has 2 N–H and O–H groups in total. The Hall–Kier alpha value is -0.120. The molecule has 0 radical (unpaired) electrons. The highest BCUT2D eigenvalue weighted by molar-refractivity contribution is 4.74. The molecule has 0 aromatic carbocycles.